The topological polar surface area (TPSA) is 74.4 Å². The largest absolute Gasteiger partial charge is 0.331 e. The van der Waals surface area contributed by atoms with Crippen LogP contribution in [0.25, 0.3) is 11.2 Å². The van der Waals surface area contributed by atoms with Gasteiger partial charge in [0.2, 0.25) is 0 Å². The number of hydrogen-bond acceptors (Lipinski definition) is 3. The number of benzene rings is 1. The summed E-state index contributed by atoms with van der Waals surface area (Å²) in [7, 11) is 0. The zero-order valence-electron chi connectivity index (χ0n) is 9.52. The Labute approximate surface area is 105 Å². The second-order valence-corrected chi connectivity index (χ2v) is 3.96. The first-order valence-corrected chi connectivity index (χ1v) is 5.46. The Morgan fingerprint density at radius 3 is 2.58 bits per heavy atom. The van der Waals surface area contributed by atoms with Crippen LogP contribution in [-0.2, 0) is 5.92 Å². The van der Waals surface area contributed by atoms with Crippen LogP contribution in [0.3, 0.4) is 0 Å². The normalized spacial score (nSPS) is 11.9. The van der Waals surface area contributed by atoms with Crippen molar-refractivity contribution >= 4 is 11.2 Å². The molecule has 2 N–H and O–H groups in total. The number of H-pyrrole nitrogens is 2. The number of imidazole rings is 1. The van der Waals surface area contributed by atoms with Gasteiger partial charge >= 0.3 is 5.92 Å². The average molecular weight is 262 g/mol. The van der Waals surface area contributed by atoms with Crippen LogP contribution in [-0.4, -0.2) is 19.9 Å². The predicted molar refractivity (Wildman–Crippen MR) is 63.9 cm³/mol. The molecule has 19 heavy (non-hydrogen) atoms. The lowest BCUT2D eigenvalue weighted by atomic mass is 10.1. The van der Waals surface area contributed by atoms with Crippen molar-refractivity contribution in [3.63, 3.8) is 0 Å². The second kappa shape index (κ2) is 3.98. The van der Waals surface area contributed by atoms with Crippen molar-refractivity contribution in [3.05, 3.63) is 58.4 Å². The molecular weight excluding hydrogens is 254 g/mol. The molecule has 1 aromatic carbocycles. The summed E-state index contributed by atoms with van der Waals surface area (Å²) in [6.45, 7) is 0. The van der Waals surface area contributed by atoms with E-state index in [1.165, 1.54) is 24.3 Å². The molecule has 3 aromatic rings. The summed E-state index contributed by atoms with van der Waals surface area (Å²) in [6.07, 6.45) is 1.12. The van der Waals surface area contributed by atoms with Crippen LogP contribution in [0.5, 0.6) is 0 Å². The molecule has 0 aliphatic carbocycles. The van der Waals surface area contributed by atoms with Crippen LogP contribution in [0.1, 0.15) is 11.4 Å². The van der Waals surface area contributed by atoms with E-state index >= 15 is 0 Å². The van der Waals surface area contributed by atoms with Gasteiger partial charge in [-0.1, -0.05) is 30.3 Å². The number of rotatable bonds is 2. The fourth-order valence-electron chi connectivity index (χ4n) is 1.77. The molecule has 0 radical (unpaired) electrons. The molecule has 0 saturated carbocycles. The Balaban J connectivity index is 2.19. The first kappa shape index (κ1) is 11.5. The molecule has 5 nitrogen and oxygen atoms in total. The minimum atomic E-state index is -3.31. The van der Waals surface area contributed by atoms with Crippen molar-refractivity contribution in [2.24, 2.45) is 0 Å². The van der Waals surface area contributed by atoms with E-state index < -0.39 is 17.3 Å². The summed E-state index contributed by atoms with van der Waals surface area (Å²) in [5.41, 5.74) is -0.833. The smallest absolute Gasteiger partial charge is 0.329 e. The molecule has 0 spiro atoms. The minimum absolute atomic E-state index is 0.0330. The summed E-state index contributed by atoms with van der Waals surface area (Å²) in [5.74, 6) is -3.91. The molecular formula is C12H8F2N4O. The number of nitrogens with zero attached hydrogens (tertiary/aromatic N) is 2. The van der Waals surface area contributed by atoms with E-state index in [2.05, 4.69) is 19.9 Å². The monoisotopic (exact) mass is 262 g/mol. The standard InChI is InChI=1S/C12H8F2N4O/c13-12(14,7-4-2-1-3-5-7)11-17-8-9(18-11)15-6-16-10(8)19/h1-6H,(H2,15,16,17,18,19). The maximum absolute atomic E-state index is 14.2. The van der Waals surface area contributed by atoms with E-state index in [-0.39, 0.29) is 16.7 Å². The molecule has 0 unspecified atom stereocenters. The number of hydrogen-bond donors (Lipinski definition) is 2. The molecule has 0 aliphatic heterocycles. The summed E-state index contributed by atoms with van der Waals surface area (Å²) >= 11 is 0. The summed E-state index contributed by atoms with van der Waals surface area (Å²) < 4.78 is 28.4. The van der Waals surface area contributed by atoms with E-state index in [9.17, 15) is 13.6 Å². The van der Waals surface area contributed by atoms with Gasteiger partial charge in [-0.2, -0.15) is 8.78 Å². The van der Waals surface area contributed by atoms with Gasteiger partial charge in [-0.15, -0.1) is 0 Å². The van der Waals surface area contributed by atoms with Gasteiger partial charge in [-0.3, -0.25) is 4.79 Å². The maximum atomic E-state index is 14.2. The highest BCUT2D eigenvalue weighted by Crippen LogP contribution is 2.33. The Morgan fingerprint density at radius 1 is 1.16 bits per heavy atom. The van der Waals surface area contributed by atoms with E-state index in [1.54, 1.807) is 6.07 Å². The van der Waals surface area contributed by atoms with Gasteiger partial charge < -0.3 is 9.97 Å². The van der Waals surface area contributed by atoms with Crippen LogP contribution < -0.4 is 5.56 Å². The van der Waals surface area contributed by atoms with E-state index in [4.69, 9.17) is 0 Å². The molecule has 0 aliphatic rings. The number of halogens is 2. The highest BCUT2D eigenvalue weighted by Gasteiger charge is 2.37. The lowest BCUT2D eigenvalue weighted by Crippen LogP contribution is -2.17. The van der Waals surface area contributed by atoms with Gasteiger partial charge in [0.05, 0.1) is 6.33 Å². The van der Waals surface area contributed by atoms with Crippen molar-refractivity contribution in [3.8, 4) is 0 Å². The van der Waals surface area contributed by atoms with E-state index in [0.717, 1.165) is 6.33 Å². The highest BCUT2D eigenvalue weighted by molar-refractivity contribution is 5.69. The van der Waals surface area contributed by atoms with Crippen molar-refractivity contribution in [1.82, 2.24) is 19.9 Å². The third kappa shape index (κ3) is 1.79. The van der Waals surface area contributed by atoms with Crippen molar-refractivity contribution in [2.45, 2.75) is 5.92 Å². The van der Waals surface area contributed by atoms with Crippen molar-refractivity contribution < 1.29 is 8.78 Å². The summed E-state index contributed by atoms with van der Waals surface area (Å²) in [6, 6.07) is 7.26. The van der Waals surface area contributed by atoms with Gasteiger partial charge in [0.25, 0.3) is 5.56 Å². The number of fused-ring (bicyclic) bond motifs is 1. The fourth-order valence-corrected chi connectivity index (χ4v) is 1.77. The van der Waals surface area contributed by atoms with E-state index in [1.807, 2.05) is 0 Å². The molecule has 96 valence electrons. The molecule has 0 saturated heterocycles. The third-order valence-corrected chi connectivity index (χ3v) is 2.73. The van der Waals surface area contributed by atoms with Gasteiger partial charge in [-0.05, 0) is 0 Å². The molecule has 0 fully saturated rings. The highest BCUT2D eigenvalue weighted by atomic mass is 19.3. The first-order valence-electron chi connectivity index (χ1n) is 5.46. The van der Waals surface area contributed by atoms with Gasteiger partial charge in [0.1, 0.15) is 0 Å². The SMILES string of the molecule is O=c1[nH]cnc2nc(C(F)(F)c3ccccc3)[nH]c12. The minimum Gasteiger partial charge on any atom is -0.331 e. The molecule has 0 amide bonds. The molecule has 0 bridgehead atoms. The van der Waals surface area contributed by atoms with Crippen LogP contribution in [0.15, 0.2) is 41.5 Å². The Hall–Kier alpha value is -2.57. The Kier molecular flexibility index (Phi) is 2.41. The summed E-state index contributed by atoms with van der Waals surface area (Å²) in [5, 5.41) is 0. The second-order valence-electron chi connectivity index (χ2n) is 3.96. The Morgan fingerprint density at radius 2 is 1.89 bits per heavy atom. The zero-order valence-corrected chi connectivity index (χ0v) is 9.52. The molecule has 0 atom stereocenters. The first-order chi connectivity index (χ1) is 9.09. The van der Waals surface area contributed by atoms with Gasteiger partial charge in [0.15, 0.2) is 17.0 Å². The molecule has 2 aromatic heterocycles. The van der Waals surface area contributed by atoms with Crippen LogP contribution in [0.4, 0.5) is 8.78 Å². The molecule has 3 rings (SSSR count). The number of nitrogens with one attached hydrogen (secondary N) is 2. The number of aromatic nitrogens is 4. The summed E-state index contributed by atoms with van der Waals surface area (Å²) in [4.78, 5) is 23.5. The van der Waals surface area contributed by atoms with Gasteiger partial charge in [0, 0.05) is 5.56 Å². The lowest BCUT2D eigenvalue weighted by molar-refractivity contribution is 0.0340. The average Bonchev–Trinajstić information content (AvgIpc) is 2.86. The van der Waals surface area contributed by atoms with Crippen molar-refractivity contribution in [2.75, 3.05) is 0 Å². The number of alkyl halides is 2. The molecule has 2 heterocycles. The maximum Gasteiger partial charge on any atom is 0.329 e. The van der Waals surface area contributed by atoms with Crippen LogP contribution >= 0.6 is 0 Å². The Bertz CT molecular complexity index is 779. The van der Waals surface area contributed by atoms with E-state index in [0.29, 0.717) is 0 Å². The molecule has 7 heteroatoms. The third-order valence-electron chi connectivity index (χ3n) is 2.73. The quantitative estimate of drug-likeness (QED) is 0.739. The predicted octanol–water partition coefficient (Wildman–Crippen LogP) is 1.79. The zero-order chi connectivity index (χ0) is 13.5. The van der Waals surface area contributed by atoms with Crippen LogP contribution in [0, 0.1) is 0 Å². The van der Waals surface area contributed by atoms with Gasteiger partial charge in [-0.25, -0.2) is 9.97 Å². The van der Waals surface area contributed by atoms with Crippen molar-refractivity contribution in [1.29, 1.82) is 0 Å². The van der Waals surface area contributed by atoms with Crippen LogP contribution in [0.2, 0.25) is 0 Å². The lowest BCUT2D eigenvalue weighted by Gasteiger charge is -2.13. The number of aromatic amines is 2. The fraction of sp³-hybridized carbons (Fsp3) is 0.0833.